The lowest BCUT2D eigenvalue weighted by atomic mass is 10.2. The Hall–Kier alpha value is -0.250. The van der Waals surface area contributed by atoms with Gasteiger partial charge in [0.05, 0.1) is 0 Å². The highest BCUT2D eigenvalue weighted by molar-refractivity contribution is 9.09. The molecule has 1 amide bonds. The van der Waals surface area contributed by atoms with Crippen molar-refractivity contribution in [3.8, 4) is 0 Å². The Bertz CT molecular complexity index is 140. The van der Waals surface area contributed by atoms with E-state index in [2.05, 4.69) is 15.9 Å². The third kappa shape index (κ3) is 1.62. The summed E-state index contributed by atoms with van der Waals surface area (Å²) in [6, 6.07) is 0. The second kappa shape index (κ2) is 3.23. The van der Waals surface area contributed by atoms with Crippen molar-refractivity contribution < 1.29 is 9.90 Å². The summed E-state index contributed by atoms with van der Waals surface area (Å²) in [6.45, 7) is 1.40. The van der Waals surface area contributed by atoms with Gasteiger partial charge < -0.3 is 10.0 Å². The van der Waals surface area contributed by atoms with Crippen LogP contribution in [0.1, 0.15) is 6.42 Å². The van der Waals surface area contributed by atoms with Crippen LogP contribution in [-0.4, -0.2) is 34.5 Å². The van der Waals surface area contributed by atoms with Crippen LogP contribution in [0.3, 0.4) is 0 Å². The van der Waals surface area contributed by atoms with Crippen molar-refractivity contribution in [1.29, 1.82) is 0 Å². The quantitative estimate of drug-likeness (QED) is 0.661. The fourth-order valence-electron chi connectivity index (χ4n) is 1.13. The van der Waals surface area contributed by atoms with E-state index in [0.29, 0.717) is 19.0 Å². The van der Waals surface area contributed by atoms with Crippen molar-refractivity contribution in [3.63, 3.8) is 0 Å². The number of hydrogen-bond donors (Lipinski definition) is 1. The van der Waals surface area contributed by atoms with Crippen LogP contribution in [0.5, 0.6) is 0 Å². The predicted molar refractivity (Wildman–Crippen MR) is 41.5 cm³/mol. The minimum atomic E-state index is -0.788. The van der Waals surface area contributed by atoms with E-state index in [-0.39, 0.29) is 0 Å². The van der Waals surface area contributed by atoms with E-state index in [4.69, 9.17) is 5.11 Å². The average Bonchev–Trinajstić information content (AvgIpc) is 2.34. The maximum absolute atomic E-state index is 10.4. The predicted octanol–water partition coefficient (Wildman–Crippen LogP) is 1.38. The molecule has 0 aromatic carbocycles. The number of alkyl halides is 1. The molecule has 0 aromatic heterocycles. The first-order valence-corrected chi connectivity index (χ1v) is 4.40. The molecule has 1 atom stereocenters. The van der Waals surface area contributed by atoms with E-state index in [1.54, 1.807) is 0 Å². The summed E-state index contributed by atoms with van der Waals surface area (Å²) in [5.74, 6) is 0.524. The van der Waals surface area contributed by atoms with Gasteiger partial charge in [-0.3, -0.25) is 0 Å². The standard InChI is InChI=1S/C6H10BrNO2/c7-3-5-1-2-8(4-5)6(9)10/h5H,1-4H2,(H,9,10)/t5-/m0/s1. The van der Waals surface area contributed by atoms with Crippen LogP contribution in [0.2, 0.25) is 0 Å². The first kappa shape index (κ1) is 7.85. The van der Waals surface area contributed by atoms with Crippen LogP contribution in [0.25, 0.3) is 0 Å². The van der Waals surface area contributed by atoms with E-state index in [0.717, 1.165) is 11.8 Å². The number of halogens is 1. The molecule has 0 radical (unpaired) electrons. The molecule has 3 nitrogen and oxygen atoms in total. The smallest absolute Gasteiger partial charge is 0.407 e. The van der Waals surface area contributed by atoms with E-state index in [1.165, 1.54) is 4.90 Å². The molecule has 0 bridgehead atoms. The number of likely N-dealkylation sites (tertiary alicyclic amines) is 1. The molecule has 0 unspecified atom stereocenters. The van der Waals surface area contributed by atoms with Gasteiger partial charge in [0.25, 0.3) is 0 Å². The van der Waals surface area contributed by atoms with Gasteiger partial charge in [0.15, 0.2) is 0 Å². The lowest BCUT2D eigenvalue weighted by Gasteiger charge is -2.09. The van der Waals surface area contributed by atoms with Crippen molar-refractivity contribution in [2.24, 2.45) is 5.92 Å². The summed E-state index contributed by atoms with van der Waals surface area (Å²) >= 11 is 3.33. The first-order chi connectivity index (χ1) is 4.74. The molecule has 1 N–H and O–H groups in total. The van der Waals surface area contributed by atoms with Gasteiger partial charge >= 0.3 is 6.09 Å². The number of rotatable bonds is 1. The molecule has 58 valence electrons. The van der Waals surface area contributed by atoms with Crippen LogP contribution in [0.15, 0.2) is 0 Å². The summed E-state index contributed by atoms with van der Waals surface area (Å²) in [6.07, 6.45) is 0.209. The molecule has 10 heavy (non-hydrogen) atoms. The van der Waals surface area contributed by atoms with Crippen molar-refractivity contribution in [2.45, 2.75) is 6.42 Å². The van der Waals surface area contributed by atoms with Gasteiger partial charge in [-0.1, -0.05) is 15.9 Å². The Kier molecular flexibility index (Phi) is 2.54. The molecule has 1 aliphatic heterocycles. The van der Waals surface area contributed by atoms with E-state index < -0.39 is 6.09 Å². The number of nitrogens with zero attached hydrogens (tertiary/aromatic N) is 1. The molecule has 1 heterocycles. The molecule has 0 spiro atoms. The first-order valence-electron chi connectivity index (χ1n) is 3.28. The SMILES string of the molecule is O=C(O)N1CC[C@@H](CBr)C1. The number of hydrogen-bond acceptors (Lipinski definition) is 1. The second-order valence-electron chi connectivity index (χ2n) is 2.54. The van der Waals surface area contributed by atoms with Crippen LogP contribution in [0, 0.1) is 5.92 Å². The Balaban J connectivity index is 2.35. The van der Waals surface area contributed by atoms with Crippen LogP contribution < -0.4 is 0 Å². The maximum Gasteiger partial charge on any atom is 0.407 e. The molecule has 1 fully saturated rings. The highest BCUT2D eigenvalue weighted by Gasteiger charge is 2.24. The van der Waals surface area contributed by atoms with Gasteiger partial charge in [-0.25, -0.2) is 4.79 Å². The highest BCUT2D eigenvalue weighted by atomic mass is 79.9. The lowest BCUT2D eigenvalue weighted by Crippen LogP contribution is -2.26. The maximum atomic E-state index is 10.4. The van der Waals surface area contributed by atoms with Gasteiger partial charge in [0.1, 0.15) is 0 Å². The monoisotopic (exact) mass is 207 g/mol. The third-order valence-electron chi connectivity index (χ3n) is 1.77. The van der Waals surface area contributed by atoms with Crippen LogP contribution >= 0.6 is 15.9 Å². The molecular formula is C6H10BrNO2. The summed E-state index contributed by atoms with van der Waals surface area (Å²) in [5, 5.41) is 9.45. The zero-order valence-corrected chi connectivity index (χ0v) is 7.17. The number of carboxylic acid groups (broad SMARTS) is 1. The van der Waals surface area contributed by atoms with Gasteiger partial charge in [-0.05, 0) is 12.3 Å². The van der Waals surface area contributed by atoms with Crippen molar-refractivity contribution in [2.75, 3.05) is 18.4 Å². The number of amides is 1. The minimum absolute atomic E-state index is 0.524. The summed E-state index contributed by atoms with van der Waals surface area (Å²) in [5.41, 5.74) is 0. The molecular weight excluding hydrogens is 198 g/mol. The molecule has 1 rings (SSSR count). The van der Waals surface area contributed by atoms with Gasteiger partial charge in [0.2, 0.25) is 0 Å². The topological polar surface area (TPSA) is 40.5 Å². The molecule has 1 saturated heterocycles. The summed E-state index contributed by atoms with van der Waals surface area (Å²) in [4.78, 5) is 11.8. The normalized spacial score (nSPS) is 25.3. The van der Waals surface area contributed by atoms with Gasteiger partial charge in [-0.15, -0.1) is 0 Å². The van der Waals surface area contributed by atoms with Crippen LogP contribution in [0.4, 0.5) is 4.79 Å². The van der Waals surface area contributed by atoms with E-state index in [9.17, 15) is 4.79 Å². The highest BCUT2D eigenvalue weighted by Crippen LogP contribution is 2.17. The Morgan fingerprint density at radius 3 is 2.80 bits per heavy atom. The Morgan fingerprint density at radius 1 is 1.80 bits per heavy atom. The zero-order chi connectivity index (χ0) is 7.56. The molecule has 4 heteroatoms. The molecule has 0 saturated carbocycles. The number of carbonyl (C=O) groups is 1. The second-order valence-corrected chi connectivity index (χ2v) is 3.19. The summed E-state index contributed by atoms with van der Waals surface area (Å²) in [7, 11) is 0. The lowest BCUT2D eigenvalue weighted by molar-refractivity contribution is 0.154. The average molecular weight is 208 g/mol. The fraction of sp³-hybridized carbons (Fsp3) is 0.833. The fourth-order valence-corrected chi connectivity index (χ4v) is 1.66. The Labute approximate surface area is 68.1 Å². The van der Waals surface area contributed by atoms with Gasteiger partial charge in [0, 0.05) is 18.4 Å². The molecule has 1 aliphatic rings. The van der Waals surface area contributed by atoms with Crippen molar-refractivity contribution >= 4 is 22.0 Å². The third-order valence-corrected chi connectivity index (χ3v) is 2.69. The minimum Gasteiger partial charge on any atom is -0.465 e. The van der Waals surface area contributed by atoms with Gasteiger partial charge in [-0.2, -0.15) is 0 Å². The Morgan fingerprint density at radius 2 is 2.50 bits per heavy atom. The molecule has 0 aliphatic carbocycles. The van der Waals surface area contributed by atoms with Crippen molar-refractivity contribution in [1.82, 2.24) is 4.90 Å². The van der Waals surface area contributed by atoms with Crippen LogP contribution in [-0.2, 0) is 0 Å². The molecule has 0 aromatic rings. The van der Waals surface area contributed by atoms with E-state index >= 15 is 0 Å². The van der Waals surface area contributed by atoms with E-state index in [1.807, 2.05) is 0 Å². The largest absolute Gasteiger partial charge is 0.465 e. The zero-order valence-electron chi connectivity index (χ0n) is 5.59. The summed E-state index contributed by atoms with van der Waals surface area (Å²) < 4.78 is 0. The van der Waals surface area contributed by atoms with Crippen molar-refractivity contribution in [3.05, 3.63) is 0 Å².